The van der Waals surface area contributed by atoms with E-state index >= 15 is 4.39 Å². The first-order valence-electron chi connectivity index (χ1n) is 12.9. The van der Waals surface area contributed by atoms with Gasteiger partial charge >= 0.3 is 14.6 Å². The molecule has 4 aromatic heterocycles. The summed E-state index contributed by atoms with van der Waals surface area (Å²) in [6, 6.07) is 0. The minimum Gasteiger partial charge on any atom is -0.389 e. The van der Waals surface area contributed by atoms with E-state index in [2.05, 4.69) is 42.2 Å². The lowest BCUT2D eigenvalue weighted by Gasteiger charge is -2.26. The number of anilines is 1. The SMILES string of the molecule is Nc1nc2c(ncn2[C@@H]2S[C@@H]3COP(=O)(O)O[C@@H]4C(COP(=O)(S)O[C@@H]2[C@@H]3O)O[C@@H](n2cnc3c(=O)[nH]cnc32)[C@H]4F)c(=O)[nH]1. The summed E-state index contributed by atoms with van der Waals surface area (Å²) >= 11 is 4.98. The number of nitrogen functional groups attached to an aromatic ring is 1. The van der Waals surface area contributed by atoms with Gasteiger partial charge in [-0.1, -0.05) is 12.2 Å². The highest BCUT2D eigenvalue weighted by atomic mass is 32.7. The number of aromatic amines is 2. The lowest BCUT2D eigenvalue weighted by Crippen LogP contribution is -2.35. The van der Waals surface area contributed by atoms with Crippen molar-refractivity contribution < 1.29 is 46.4 Å². The molecule has 4 aromatic rings. The summed E-state index contributed by atoms with van der Waals surface area (Å²) in [6.07, 6.45) is -6.59. The van der Waals surface area contributed by atoms with Crippen LogP contribution in [0.3, 0.4) is 0 Å². The number of aromatic nitrogens is 8. The molecule has 2 bridgehead atoms. The molecule has 7 rings (SSSR count). The van der Waals surface area contributed by atoms with Crippen molar-refractivity contribution in [2.75, 3.05) is 18.9 Å². The number of aliphatic hydroxyl groups excluding tert-OH is 1. The minimum absolute atomic E-state index is 0.00838. The van der Waals surface area contributed by atoms with E-state index in [1.165, 1.54) is 10.9 Å². The van der Waals surface area contributed by atoms with Gasteiger partial charge in [0.15, 0.2) is 34.7 Å². The number of H-pyrrole nitrogens is 2. The summed E-state index contributed by atoms with van der Waals surface area (Å²) in [4.78, 5) is 55.7. The number of rotatable bonds is 2. The van der Waals surface area contributed by atoms with E-state index < -0.39 is 86.4 Å². The summed E-state index contributed by atoms with van der Waals surface area (Å²) in [6.45, 7) is -5.79. The first kappa shape index (κ1) is 30.9. The molecule has 3 saturated heterocycles. The Labute approximate surface area is 258 Å². The highest BCUT2D eigenvalue weighted by Gasteiger charge is 2.54. The van der Waals surface area contributed by atoms with Crippen molar-refractivity contribution in [3.8, 4) is 0 Å². The fraction of sp³-hybridized carbons (Fsp3) is 0.500. The van der Waals surface area contributed by atoms with Gasteiger partial charge in [-0.05, 0) is 0 Å². The number of phosphoric ester groups is 1. The van der Waals surface area contributed by atoms with E-state index in [-0.39, 0.29) is 28.3 Å². The largest absolute Gasteiger partial charge is 0.472 e. The zero-order valence-electron chi connectivity index (χ0n) is 22.2. The standard InChI is InChI=1S/C20H22FN9O11P2S2/c21-8-12-6(39-18(8)29-4-25-9-14(29)23-3-24-16(9)32)1-38-43(36,44)41-13-11(31)7(2-37-42(34,35)40-12)45-19(13)30-5-26-10-15(30)27-20(22)28-17(10)33/h3-8,11-13,18-19,31H,1-2H2,(H,34,35)(H,36,44)(H,23,24,32)(H3,22,27,28,33)/t6?,7-,8+,11-,12-,13-,18-,19-,43?/m1/s1. The zero-order valence-corrected chi connectivity index (χ0v) is 25.7. The molecule has 3 unspecified atom stereocenters. The van der Waals surface area contributed by atoms with Gasteiger partial charge in [0.1, 0.15) is 23.7 Å². The van der Waals surface area contributed by atoms with Gasteiger partial charge in [-0.3, -0.25) is 41.8 Å². The molecule has 0 aliphatic carbocycles. The number of aliphatic hydroxyl groups is 1. The number of nitrogens with two attached hydrogens (primary N) is 1. The van der Waals surface area contributed by atoms with Gasteiger partial charge in [0.05, 0.1) is 43.5 Å². The Balaban J connectivity index is 1.21. The van der Waals surface area contributed by atoms with Gasteiger partial charge in [0.25, 0.3) is 11.1 Å². The lowest BCUT2D eigenvalue weighted by molar-refractivity contribution is -0.0442. The number of halogens is 1. The van der Waals surface area contributed by atoms with E-state index in [0.29, 0.717) is 0 Å². The number of nitrogens with zero attached hydrogens (tertiary/aromatic N) is 6. The summed E-state index contributed by atoms with van der Waals surface area (Å²) in [7, 11) is -5.06. The topological polar surface area (TPSA) is 274 Å². The van der Waals surface area contributed by atoms with Crippen molar-refractivity contribution in [1.29, 1.82) is 0 Å². The van der Waals surface area contributed by atoms with E-state index in [0.717, 1.165) is 29.0 Å². The van der Waals surface area contributed by atoms with Gasteiger partial charge in [0.2, 0.25) is 5.95 Å². The second kappa shape index (κ2) is 11.2. The molecule has 3 aliphatic heterocycles. The average Bonchev–Trinajstić information content (AvgIpc) is 3.72. The number of thioether (sulfide) groups is 1. The fourth-order valence-corrected chi connectivity index (χ4v) is 9.35. The van der Waals surface area contributed by atoms with E-state index in [4.69, 9.17) is 28.6 Å². The van der Waals surface area contributed by atoms with Crippen molar-refractivity contribution in [3.05, 3.63) is 39.7 Å². The molecule has 10 atom stereocenters. The molecular weight excluding hydrogens is 687 g/mol. The van der Waals surface area contributed by atoms with Crippen LogP contribution in [-0.2, 0) is 32.0 Å². The van der Waals surface area contributed by atoms with E-state index in [1.54, 1.807) is 0 Å². The normalized spacial score (nSPS) is 37.7. The van der Waals surface area contributed by atoms with Crippen LogP contribution in [0.25, 0.3) is 22.3 Å². The van der Waals surface area contributed by atoms with Crippen molar-refractivity contribution in [3.63, 3.8) is 0 Å². The number of fused-ring (bicyclic) bond motifs is 5. The van der Waals surface area contributed by atoms with Crippen LogP contribution in [0.1, 0.15) is 11.6 Å². The maximum atomic E-state index is 15.9. The molecule has 20 nitrogen and oxygen atoms in total. The quantitative estimate of drug-likeness (QED) is 0.118. The zero-order chi connectivity index (χ0) is 31.8. The second-order valence-electron chi connectivity index (χ2n) is 10.1. The van der Waals surface area contributed by atoms with Crippen LogP contribution in [0.2, 0.25) is 0 Å². The molecule has 3 fully saturated rings. The second-order valence-corrected chi connectivity index (χ2v) is 15.7. The molecule has 6 N–H and O–H groups in total. The van der Waals surface area contributed by atoms with Crippen LogP contribution in [0.15, 0.2) is 28.6 Å². The van der Waals surface area contributed by atoms with E-state index in [1.807, 2.05) is 0 Å². The monoisotopic (exact) mass is 709 g/mol. The summed E-state index contributed by atoms with van der Waals surface area (Å²) < 4.78 is 72.1. The highest BCUT2D eigenvalue weighted by Crippen LogP contribution is 2.60. The number of hydrogen-bond acceptors (Lipinski definition) is 16. The van der Waals surface area contributed by atoms with Gasteiger partial charge in [-0.2, -0.15) is 4.98 Å². The Morgan fingerprint density at radius 1 is 1.04 bits per heavy atom. The number of phosphoric acid groups is 1. The van der Waals surface area contributed by atoms with Crippen LogP contribution in [0.5, 0.6) is 0 Å². The maximum absolute atomic E-state index is 15.9. The third-order valence-electron chi connectivity index (χ3n) is 7.26. The van der Waals surface area contributed by atoms with Crippen molar-refractivity contribution in [2.24, 2.45) is 0 Å². The van der Waals surface area contributed by atoms with Crippen LogP contribution < -0.4 is 16.9 Å². The first-order chi connectivity index (χ1) is 21.3. The fourth-order valence-electron chi connectivity index (χ4n) is 5.25. The van der Waals surface area contributed by atoms with Crippen LogP contribution >= 0.6 is 38.6 Å². The molecule has 7 heterocycles. The number of ether oxygens (including phenoxy) is 1. The third kappa shape index (κ3) is 5.54. The molecule has 3 aliphatic rings. The Bertz CT molecular complexity index is 2010. The number of imidazole rings is 2. The minimum atomic E-state index is -5.06. The maximum Gasteiger partial charge on any atom is 0.472 e. The summed E-state index contributed by atoms with van der Waals surface area (Å²) in [5.74, 6) is -0.222. The van der Waals surface area contributed by atoms with Crippen LogP contribution in [0, 0.1) is 0 Å². The smallest absolute Gasteiger partial charge is 0.389 e. The summed E-state index contributed by atoms with van der Waals surface area (Å²) in [5.41, 5.74) is 4.22. The molecule has 242 valence electrons. The number of nitrogens with one attached hydrogen (secondary N) is 2. The van der Waals surface area contributed by atoms with Crippen molar-refractivity contribution >= 4 is 66.9 Å². The molecule has 0 spiro atoms. The number of hydrogen-bond donors (Lipinski definition) is 6. The molecule has 0 aromatic carbocycles. The number of alkyl halides is 1. The van der Waals surface area contributed by atoms with Gasteiger partial charge < -0.3 is 25.5 Å². The molecular formula is C20H22FN9O11P2S2. The van der Waals surface area contributed by atoms with Crippen LogP contribution in [-0.4, -0.2) is 98.1 Å². The predicted octanol–water partition coefficient (Wildman–Crippen LogP) is 0.000900. The molecule has 0 radical (unpaired) electrons. The van der Waals surface area contributed by atoms with E-state index in [9.17, 15) is 28.7 Å². The average molecular weight is 710 g/mol. The number of thiol groups is 1. The van der Waals surface area contributed by atoms with Gasteiger partial charge in [-0.15, -0.1) is 11.8 Å². The molecule has 45 heavy (non-hydrogen) atoms. The Morgan fingerprint density at radius 3 is 2.56 bits per heavy atom. The predicted molar refractivity (Wildman–Crippen MR) is 154 cm³/mol. The Morgan fingerprint density at radius 2 is 1.78 bits per heavy atom. The lowest BCUT2D eigenvalue weighted by atomic mass is 10.1. The van der Waals surface area contributed by atoms with Gasteiger partial charge in [0, 0.05) is 0 Å². The molecule has 25 heteroatoms. The Hall–Kier alpha value is -2.69. The van der Waals surface area contributed by atoms with Gasteiger partial charge in [-0.25, -0.2) is 28.5 Å². The Kier molecular flexibility index (Phi) is 7.72. The first-order valence-corrected chi connectivity index (χ1v) is 18.0. The summed E-state index contributed by atoms with van der Waals surface area (Å²) in [5, 5.41) is 9.12. The highest BCUT2D eigenvalue weighted by molar-refractivity contribution is 8.44. The van der Waals surface area contributed by atoms with Crippen LogP contribution in [0.4, 0.5) is 10.3 Å². The molecule has 0 amide bonds. The van der Waals surface area contributed by atoms with Crippen molar-refractivity contribution in [2.45, 2.75) is 47.4 Å². The van der Waals surface area contributed by atoms with Crippen molar-refractivity contribution in [1.82, 2.24) is 39.0 Å². The molecule has 0 saturated carbocycles. The third-order valence-corrected chi connectivity index (χ3v) is 11.4.